The van der Waals surface area contributed by atoms with Crippen LogP contribution in [0.15, 0.2) is 18.3 Å². The number of carbonyl (C=O) groups is 2. The first kappa shape index (κ1) is 14.9. The number of esters is 1. The lowest BCUT2D eigenvalue weighted by atomic mass is 10.2. The van der Waals surface area contributed by atoms with Crippen LogP contribution >= 0.6 is 0 Å². The van der Waals surface area contributed by atoms with E-state index in [1.807, 2.05) is 0 Å². The van der Waals surface area contributed by atoms with Crippen molar-refractivity contribution in [3.05, 3.63) is 23.9 Å². The summed E-state index contributed by atoms with van der Waals surface area (Å²) in [4.78, 5) is 26.8. The molecule has 6 heteroatoms. The van der Waals surface area contributed by atoms with Crippen LogP contribution in [0.2, 0.25) is 0 Å². The van der Waals surface area contributed by atoms with E-state index in [-0.39, 0.29) is 11.4 Å². The molecule has 6 nitrogen and oxygen atoms in total. The number of aromatic nitrogens is 1. The molecule has 1 aromatic rings. The van der Waals surface area contributed by atoms with Gasteiger partial charge in [-0.25, -0.2) is 9.78 Å². The molecule has 2 N–H and O–H groups in total. The minimum Gasteiger partial charge on any atom is -0.480 e. The van der Waals surface area contributed by atoms with E-state index < -0.39 is 23.6 Å². The largest absolute Gasteiger partial charge is 0.480 e. The maximum atomic E-state index is 12.0. The highest BCUT2D eigenvalue weighted by molar-refractivity contribution is 5.95. The van der Waals surface area contributed by atoms with Crippen molar-refractivity contribution < 1.29 is 19.4 Å². The van der Waals surface area contributed by atoms with Crippen LogP contribution in [0.5, 0.6) is 0 Å². The number of nitrogens with one attached hydrogen (secondary N) is 1. The van der Waals surface area contributed by atoms with Crippen LogP contribution in [-0.4, -0.2) is 33.7 Å². The van der Waals surface area contributed by atoms with Crippen molar-refractivity contribution in [2.45, 2.75) is 39.3 Å². The van der Waals surface area contributed by atoms with Gasteiger partial charge in [-0.3, -0.25) is 4.79 Å². The van der Waals surface area contributed by atoms with E-state index in [1.54, 1.807) is 26.8 Å². The molecule has 0 bridgehead atoms. The van der Waals surface area contributed by atoms with Crippen LogP contribution in [0.25, 0.3) is 0 Å². The Kier molecular flexibility index (Phi) is 4.47. The number of hydrogen-bond donors (Lipinski definition) is 2. The molecule has 0 unspecified atom stereocenters. The number of nitrogens with zero attached hydrogens (tertiary/aromatic N) is 1. The lowest BCUT2D eigenvalue weighted by Gasteiger charge is -2.20. The van der Waals surface area contributed by atoms with Gasteiger partial charge in [0.15, 0.2) is 0 Å². The Morgan fingerprint density at radius 1 is 1.42 bits per heavy atom. The molecule has 0 aromatic carbocycles. The summed E-state index contributed by atoms with van der Waals surface area (Å²) in [6, 6.07) is 2.28. The van der Waals surface area contributed by atoms with Gasteiger partial charge in [-0.1, -0.05) is 0 Å². The van der Waals surface area contributed by atoms with Gasteiger partial charge < -0.3 is 15.2 Å². The van der Waals surface area contributed by atoms with Gasteiger partial charge in [0.1, 0.15) is 23.0 Å². The number of rotatable bonds is 4. The van der Waals surface area contributed by atoms with E-state index >= 15 is 0 Å². The van der Waals surface area contributed by atoms with Crippen LogP contribution in [0.1, 0.15) is 38.1 Å². The molecule has 104 valence electrons. The quantitative estimate of drug-likeness (QED) is 0.809. The van der Waals surface area contributed by atoms with Crippen molar-refractivity contribution in [1.82, 2.24) is 4.98 Å². The molecule has 0 aliphatic rings. The number of carboxylic acids is 1. The standard InChI is InChI=1S/C13H18N2O4/c1-8(11(16)17)15-10-9(6-5-7-14-10)12(18)19-13(2,3)4/h5-8H,1-4H3,(H,14,15)(H,16,17)/t8-/m0/s1. The number of carboxylic acid groups (broad SMARTS) is 1. The molecule has 1 heterocycles. The van der Waals surface area contributed by atoms with Crippen molar-refractivity contribution in [1.29, 1.82) is 0 Å². The molecule has 0 amide bonds. The first-order valence-corrected chi connectivity index (χ1v) is 5.88. The Hall–Kier alpha value is -2.11. The number of pyridine rings is 1. The fraction of sp³-hybridized carbons (Fsp3) is 0.462. The third-order valence-electron chi connectivity index (χ3n) is 2.15. The average Bonchev–Trinajstić information content (AvgIpc) is 2.27. The van der Waals surface area contributed by atoms with Crippen molar-refractivity contribution >= 4 is 17.8 Å². The predicted octanol–water partition coefficient (Wildman–Crippen LogP) is 1.92. The highest BCUT2D eigenvalue weighted by Gasteiger charge is 2.22. The van der Waals surface area contributed by atoms with Crippen molar-refractivity contribution in [3.8, 4) is 0 Å². The number of aliphatic carboxylic acids is 1. The molecule has 0 spiro atoms. The van der Waals surface area contributed by atoms with Crippen LogP contribution < -0.4 is 5.32 Å². The molecule has 1 rings (SSSR count). The van der Waals surface area contributed by atoms with Crippen molar-refractivity contribution in [2.24, 2.45) is 0 Å². The second-order valence-corrected chi connectivity index (χ2v) is 5.11. The second kappa shape index (κ2) is 5.69. The summed E-state index contributed by atoms with van der Waals surface area (Å²) in [5.74, 6) is -1.37. The Morgan fingerprint density at radius 3 is 2.58 bits per heavy atom. The van der Waals surface area contributed by atoms with E-state index in [9.17, 15) is 9.59 Å². The molecule has 1 atom stereocenters. The molecular weight excluding hydrogens is 248 g/mol. The number of carbonyl (C=O) groups excluding carboxylic acids is 1. The zero-order chi connectivity index (χ0) is 14.6. The fourth-order valence-corrected chi connectivity index (χ4v) is 1.28. The zero-order valence-corrected chi connectivity index (χ0v) is 11.4. The van der Waals surface area contributed by atoms with E-state index in [2.05, 4.69) is 10.3 Å². The molecule has 0 aliphatic carbocycles. The Bertz CT molecular complexity index is 480. The lowest BCUT2D eigenvalue weighted by molar-refractivity contribution is -0.137. The minimum atomic E-state index is -1.03. The van der Waals surface area contributed by atoms with Gasteiger partial charge in [0.2, 0.25) is 0 Å². The highest BCUT2D eigenvalue weighted by atomic mass is 16.6. The molecule has 1 aromatic heterocycles. The fourth-order valence-electron chi connectivity index (χ4n) is 1.28. The second-order valence-electron chi connectivity index (χ2n) is 5.11. The normalized spacial score (nSPS) is 12.6. The molecular formula is C13H18N2O4. The smallest absolute Gasteiger partial charge is 0.342 e. The van der Waals surface area contributed by atoms with Gasteiger partial charge in [-0.05, 0) is 39.8 Å². The zero-order valence-electron chi connectivity index (χ0n) is 11.4. The van der Waals surface area contributed by atoms with Crippen molar-refractivity contribution in [2.75, 3.05) is 5.32 Å². The van der Waals surface area contributed by atoms with E-state index in [4.69, 9.17) is 9.84 Å². The molecule has 0 fully saturated rings. The Balaban J connectivity index is 2.96. The minimum absolute atomic E-state index is 0.201. The monoisotopic (exact) mass is 266 g/mol. The Labute approximate surface area is 111 Å². The third kappa shape index (κ3) is 4.57. The number of ether oxygens (including phenoxy) is 1. The Morgan fingerprint density at radius 2 is 2.05 bits per heavy atom. The maximum absolute atomic E-state index is 12.0. The van der Waals surface area contributed by atoms with Gasteiger partial charge in [-0.15, -0.1) is 0 Å². The van der Waals surface area contributed by atoms with Crippen LogP contribution in [-0.2, 0) is 9.53 Å². The van der Waals surface area contributed by atoms with Crippen LogP contribution in [0.3, 0.4) is 0 Å². The van der Waals surface area contributed by atoms with E-state index in [0.717, 1.165) is 0 Å². The van der Waals surface area contributed by atoms with Gasteiger partial charge in [0, 0.05) is 6.20 Å². The number of hydrogen-bond acceptors (Lipinski definition) is 5. The van der Waals surface area contributed by atoms with Gasteiger partial charge in [-0.2, -0.15) is 0 Å². The third-order valence-corrected chi connectivity index (χ3v) is 2.15. The molecule has 0 radical (unpaired) electrons. The predicted molar refractivity (Wildman–Crippen MR) is 70.1 cm³/mol. The van der Waals surface area contributed by atoms with Crippen LogP contribution in [0.4, 0.5) is 5.82 Å². The van der Waals surface area contributed by atoms with Gasteiger partial charge in [0.05, 0.1) is 0 Å². The molecule has 0 saturated carbocycles. The summed E-state index contributed by atoms with van der Waals surface area (Å²) >= 11 is 0. The summed E-state index contributed by atoms with van der Waals surface area (Å²) in [6.45, 7) is 6.74. The summed E-state index contributed by atoms with van der Waals surface area (Å²) < 4.78 is 5.24. The summed E-state index contributed by atoms with van der Waals surface area (Å²) in [5.41, 5.74) is -0.409. The molecule has 0 saturated heterocycles. The summed E-state index contributed by atoms with van der Waals surface area (Å²) in [6.07, 6.45) is 1.48. The number of anilines is 1. The first-order chi connectivity index (χ1) is 8.70. The lowest BCUT2D eigenvalue weighted by Crippen LogP contribution is -2.28. The maximum Gasteiger partial charge on any atom is 0.342 e. The first-order valence-electron chi connectivity index (χ1n) is 5.88. The highest BCUT2D eigenvalue weighted by Crippen LogP contribution is 2.18. The molecule has 0 aliphatic heterocycles. The van der Waals surface area contributed by atoms with Gasteiger partial charge >= 0.3 is 11.9 Å². The van der Waals surface area contributed by atoms with E-state index in [0.29, 0.717) is 0 Å². The summed E-state index contributed by atoms with van der Waals surface area (Å²) in [7, 11) is 0. The topological polar surface area (TPSA) is 88.5 Å². The SMILES string of the molecule is C[C@H](Nc1ncccc1C(=O)OC(C)(C)C)C(=O)O. The summed E-state index contributed by atoms with van der Waals surface area (Å²) in [5, 5.41) is 11.5. The van der Waals surface area contributed by atoms with Gasteiger partial charge in [0.25, 0.3) is 0 Å². The molecule has 19 heavy (non-hydrogen) atoms. The average molecular weight is 266 g/mol. The van der Waals surface area contributed by atoms with Crippen molar-refractivity contribution in [3.63, 3.8) is 0 Å². The van der Waals surface area contributed by atoms with E-state index in [1.165, 1.54) is 19.2 Å². The van der Waals surface area contributed by atoms with Crippen LogP contribution in [0, 0.1) is 0 Å².